The Bertz CT molecular complexity index is 258. The molecule has 3 rings (SSSR count). The van der Waals surface area contributed by atoms with E-state index in [1.54, 1.807) is 0 Å². The smallest absolute Gasteiger partial charge is 0.157 e. The molecule has 18 heavy (non-hydrogen) atoms. The van der Waals surface area contributed by atoms with Crippen LogP contribution in [0.1, 0.15) is 38.5 Å². The molecule has 3 aliphatic rings. The average Bonchev–Trinajstić information content (AvgIpc) is 2.89. The Morgan fingerprint density at radius 2 is 2.17 bits per heavy atom. The van der Waals surface area contributed by atoms with Gasteiger partial charge < -0.3 is 9.47 Å². The molecule has 0 aromatic heterocycles. The third-order valence-corrected chi connectivity index (χ3v) is 5.81. The van der Waals surface area contributed by atoms with Crippen LogP contribution in [0.15, 0.2) is 0 Å². The molecule has 4 heteroatoms. The molecule has 0 bridgehead atoms. The quantitative estimate of drug-likeness (QED) is 0.783. The van der Waals surface area contributed by atoms with Crippen LogP contribution < -0.4 is 0 Å². The van der Waals surface area contributed by atoms with E-state index in [2.05, 4.69) is 16.7 Å². The molecule has 0 aromatic carbocycles. The standard InChI is InChI=1S/C14H25NO2S/c1-2-9-16-14(6-1)17-10-7-15-8-11-18-13-5-3-4-12(13)15/h12-14H,1-11H2/t12-,13+,14+/m1/s1. The van der Waals surface area contributed by atoms with Gasteiger partial charge in [-0.3, -0.25) is 4.90 Å². The molecule has 3 atom stereocenters. The van der Waals surface area contributed by atoms with Gasteiger partial charge in [0.05, 0.1) is 6.61 Å². The lowest BCUT2D eigenvalue weighted by Crippen LogP contribution is -2.46. The third-order valence-electron chi connectivity index (χ3n) is 4.42. The average molecular weight is 271 g/mol. The highest BCUT2D eigenvalue weighted by Gasteiger charge is 2.35. The summed E-state index contributed by atoms with van der Waals surface area (Å²) in [7, 11) is 0. The molecule has 0 N–H and O–H groups in total. The summed E-state index contributed by atoms with van der Waals surface area (Å²) in [5, 5.41) is 0.907. The highest BCUT2D eigenvalue weighted by Crippen LogP contribution is 2.36. The van der Waals surface area contributed by atoms with E-state index in [-0.39, 0.29) is 6.29 Å². The van der Waals surface area contributed by atoms with E-state index < -0.39 is 0 Å². The first-order chi connectivity index (χ1) is 8.93. The van der Waals surface area contributed by atoms with Crippen LogP contribution in [0.5, 0.6) is 0 Å². The Hall–Kier alpha value is 0.230. The monoisotopic (exact) mass is 271 g/mol. The molecule has 0 radical (unpaired) electrons. The van der Waals surface area contributed by atoms with Crippen LogP contribution in [0.2, 0.25) is 0 Å². The first kappa shape index (κ1) is 13.2. The van der Waals surface area contributed by atoms with Crippen LogP contribution in [0.4, 0.5) is 0 Å². The predicted octanol–water partition coefficient (Wildman–Crippen LogP) is 2.50. The Kier molecular flexibility index (Phi) is 4.85. The fraction of sp³-hybridized carbons (Fsp3) is 1.00. The summed E-state index contributed by atoms with van der Waals surface area (Å²) in [6.07, 6.45) is 7.88. The summed E-state index contributed by atoms with van der Waals surface area (Å²) >= 11 is 2.19. The van der Waals surface area contributed by atoms with Crippen molar-refractivity contribution in [3.63, 3.8) is 0 Å². The Balaban J connectivity index is 1.39. The van der Waals surface area contributed by atoms with Crippen LogP contribution in [0, 0.1) is 0 Å². The maximum absolute atomic E-state index is 5.86. The van der Waals surface area contributed by atoms with Crippen LogP contribution in [-0.4, -0.2) is 54.5 Å². The van der Waals surface area contributed by atoms with Crippen LogP contribution in [0.3, 0.4) is 0 Å². The second-order valence-corrected chi connectivity index (χ2v) is 6.96. The van der Waals surface area contributed by atoms with E-state index in [0.29, 0.717) is 0 Å². The first-order valence-corrected chi connectivity index (χ1v) is 8.57. The van der Waals surface area contributed by atoms with E-state index in [0.717, 1.165) is 37.5 Å². The zero-order valence-corrected chi connectivity index (χ0v) is 12.0. The van der Waals surface area contributed by atoms with Crippen molar-refractivity contribution >= 4 is 11.8 Å². The summed E-state index contributed by atoms with van der Waals surface area (Å²) in [6, 6.07) is 0.833. The number of nitrogens with zero attached hydrogens (tertiary/aromatic N) is 1. The molecule has 1 aliphatic carbocycles. The number of hydrogen-bond acceptors (Lipinski definition) is 4. The van der Waals surface area contributed by atoms with Gasteiger partial charge in [-0.15, -0.1) is 0 Å². The van der Waals surface area contributed by atoms with Crippen molar-refractivity contribution in [2.45, 2.75) is 56.1 Å². The summed E-state index contributed by atoms with van der Waals surface area (Å²) in [4.78, 5) is 2.66. The topological polar surface area (TPSA) is 21.7 Å². The second kappa shape index (κ2) is 6.60. The largest absolute Gasteiger partial charge is 0.353 e. The van der Waals surface area contributed by atoms with Gasteiger partial charge in [0.25, 0.3) is 0 Å². The predicted molar refractivity (Wildman–Crippen MR) is 75.0 cm³/mol. The van der Waals surface area contributed by atoms with Gasteiger partial charge in [0, 0.05) is 36.7 Å². The molecule has 3 nitrogen and oxygen atoms in total. The van der Waals surface area contributed by atoms with Crippen LogP contribution >= 0.6 is 11.8 Å². The maximum Gasteiger partial charge on any atom is 0.157 e. The Labute approximate surface area is 115 Å². The van der Waals surface area contributed by atoms with Crippen molar-refractivity contribution < 1.29 is 9.47 Å². The van der Waals surface area contributed by atoms with E-state index in [1.165, 1.54) is 44.4 Å². The van der Waals surface area contributed by atoms with Crippen molar-refractivity contribution in [2.24, 2.45) is 0 Å². The lowest BCUT2D eigenvalue weighted by Gasteiger charge is -2.37. The third kappa shape index (κ3) is 3.21. The van der Waals surface area contributed by atoms with E-state index in [1.807, 2.05) is 0 Å². The van der Waals surface area contributed by atoms with Crippen molar-refractivity contribution in [2.75, 3.05) is 32.1 Å². The second-order valence-electron chi connectivity index (χ2n) is 5.61. The minimum absolute atomic E-state index is 0.0808. The molecule has 3 fully saturated rings. The van der Waals surface area contributed by atoms with Gasteiger partial charge in [-0.2, -0.15) is 11.8 Å². The number of rotatable bonds is 4. The molecule has 104 valence electrons. The fourth-order valence-electron chi connectivity index (χ4n) is 3.43. The highest BCUT2D eigenvalue weighted by molar-refractivity contribution is 8.00. The summed E-state index contributed by atoms with van der Waals surface area (Å²) in [5.41, 5.74) is 0. The SMILES string of the molecule is C1CC[C@H](OCCN2CCS[C@H]3CCC[C@H]32)OC1. The molecule has 2 heterocycles. The molecule has 0 unspecified atom stereocenters. The summed E-state index contributed by atoms with van der Waals surface area (Å²) in [6.45, 7) is 4.08. The van der Waals surface area contributed by atoms with Gasteiger partial charge >= 0.3 is 0 Å². The minimum atomic E-state index is 0.0808. The lowest BCUT2D eigenvalue weighted by molar-refractivity contribution is -0.164. The lowest BCUT2D eigenvalue weighted by atomic mass is 10.2. The molecule has 0 amide bonds. The van der Waals surface area contributed by atoms with Crippen LogP contribution in [0.25, 0.3) is 0 Å². The highest BCUT2D eigenvalue weighted by atomic mass is 32.2. The van der Waals surface area contributed by atoms with E-state index in [4.69, 9.17) is 9.47 Å². The normalized spacial score (nSPS) is 37.7. The molecule has 1 saturated carbocycles. The number of fused-ring (bicyclic) bond motifs is 1. The number of thioether (sulfide) groups is 1. The zero-order valence-electron chi connectivity index (χ0n) is 11.2. The van der Waals surface area contributed by atoms with Gasteiger partial charge in [-0.05, 0) is 32.1 Å². The van der Waals surface area contributed by atoms with Crippen molar-refractivity contribution in [3.8, 4) is 0 Å². The van der Waals surface area contributed by atoms with Gasteiger partial charge in [-0.25, -0.2) is 0 Å². The van der Waals surface area contributed by atoms with Gasteiger partial charge in [-0.1, -0.05) is 6.42 Å². The van der Waals surface area contributed by atoms with Crippen LogP contribution in [-0.2, 0) is 9.47 Å². The Morgan fingerprint density at radius 3 is 3.06 bits per heavy atom. The molecule has 0 spiro atoms. The number of hydrogen-bond donors (Lipinski definition) is 0. The van der Waals surface area contributed by atoms with Crippen molar-refractivity contribution in [1.82, 2.24) is 4.90 Å². The molecule has 0 aromatic rings. The van der Waals surface area contributed by atoms with Gasteiger partial charge in [0.2, 0.25) is 0 Å². The molecular weight excluding hydrogens is 246 g/mol. The molecule has 2 aliphatic heterocycles. The van der Waals surface area contributed by atoms with Crippen molar-refractivity contribution in [1.29, 1.82) is 0 Å². The maximum atomic E-state index is 5.86. The zero-order chi connectivity index (χ0) is 12.2. The fourth-order valence-corrected chi connectivity index (χ4v) is 4.93. The molecule has 2 saturated heterocycles. The van der Waals surface area contributed by atoms with E-state index >= 15 is 0 Å². The minimum Gasteiger partial charge on any atom is -0.353 e. The Morgan fingerprint density at radius 1 is 1.17 bits per heavy atom. The first-order valence-electron chi connectivity index (χ1n) is 7.52. The molecular formula is C14H25NO2S. The van der Waals surface area contributed by atoms with Crippen molar-refractivity contribution in [3.05, 3.63) is 0 Å². The number of ether oxygens (including phenoxy) is 2. The summed E-state index contributed by atoms with van der Waals surface area (Å²) < 4.78 is 11.5. The summed E-state index contributed by atoms with van der Waals surface area (Å²) in [5.74, 6) is 1.31. The van der Waals surface area contributed by atoms with E-state index in [9.17, 15) is 0 Å². The van der Waals surface area contributed by atoms with Gasteiger partial charge in [0.1, 0.15) is 0 Å². The van der Waals surface area contributed by atoms with Gasteiger partial charge in [0.15, 0.2) is 6.29 Å².